The number of anilines is 6. The van der Waals surface area contributed by atoms with Crippen molar-refractivity contribution >= 4 is 66.4 Å². The SMILES string of the molecule is Cc1cc(C)cc(N(c2ccc3c4c(c5ccccc5c3c2)-c2c(cc(N(c3cc(C)cc(C)c3)c3ccccc3C)c3ccccc23)C4(C)C)c2ccccc2C)c1. The normalized spacial score (nSPS) is 12.9. The van der Waals surface area contributed by atoms with Crippen LogP contribution in [-0.2, 0) is 5.41 Å². The number of rotatable bonds is 6. The van der Waals surface area contributed by atoms with Crippen molar-refractivity contribution in [2.75, 3.05) is 9.80 Å². The molecule has 0 spiro atoms. The maximum atomic E-state index is 2.52. The van der Waals surface area contributed by atoms with Crippen LogP contribution < -0.4 is 9.80 Å². The summed E-state index contributed by atoms with van der Waals surface area (Å²) in [7, 11) is 0. The summed E-state index contributed by atoms with van der Waals surface area (Å²) in [6.45, 7) is 18.1. The van der Waals surface area contributed by atoms with Gasteiger partial charge in [0.15, 0.2) is 0 Å². The van der Waals surface area contributed by atoms with Crippen LogP contribution in [0.15, 0.2) is 158 Å². The van der Waals surface area contributed by atoms with Crippen LogP contribution in [0.4, 0.5) is 34.1 Å². The van der Waals surface area contributed by atoms with Gasteiger partial charge in [0.2, 0.25) is 0 Å². The Labute approximate surface area is 349 Å². The molecular weight excluding hydrogens is 713 g/mol. The van der Waals surface area contributed by atoms with Crippen LogP contribution in [-0.4, -0.2) is 0 Å². The largest absolute Gasteiger partial charge is 0.310 e. The Hall–Kier alpha value is -6.64. The van der Waals surface area contributed by atoms with E-state index in [0.29, 0.717) is 0 Å². The van der Waals surface area contributed by atoms with Gasteiger partial charge in [0, 0.05) is 39.2 Å². The Morgan fingerprint density at radius 2 is 0.814 bits per heavy atom. The second kappa shape index (κ2) is 13.7. The molecule has 0 saturated carbocycles. The molecule has 10 rings (SSSR count). The van der Waals surface area contributed by atoms with Gasteiger partial charge in [-0.3, -0.25) is 0 Å². The highest BCUT2D eigenvalue weighted by atomic mass is 15.2. The van der Waals surface area contributed by atoms with Crippen molar-refractivity contribution in [1.29, 1.82) is 0 Å². The quantitative estimate of drug-likeness (QED) is 0.156. The lowest BCUT2D eigenvalue weighted by Crippen LogP contribution is -2.18. The first-order valence-electron chi connectivity index (χ1n) is 20.9. The zero-order valence-corrected chi connectivity index (χ0v) is 35.4. The molecule has 0 N–H and O–H groups in total. The van der Waals surface area contributed by atoms with Crippen molar-refractivity contribution in [1.82, 2.24) is 0 Å². The average molecular weight is 763 g/mol. The van der Waals surface area contributed by atoms with Gasteiger partial charge in [0.1, 0.15) is 0 Å². The minimum atomic E-state index is -0.295. The Morgan fingerprint density at radius 3 is 1.39 bits per heavy atom. The molecule has 0 bridgehead atoms. The molecule has 0 heterocycles. The van der Waals surface area contributed by atoms with E-state index in [1.54, 1.807) is 0 Å². The molecule has 9 aromatic carbocycles. The summed E-state index contributed by atoms with van der Waals surface area (Å²) in [6.07, 6.45) is 0. The molecule has 0 atom stereocenters. The van der Waals surface area contributed by atoms with Gasteiger partial charge in [-0.25, -0.2) is 0 Å². The highest BCUT2D eigenvalue weighted by Gasteiger charge is 2.41. The van der Waals surface area contributed by atoms with Gasteiger partial charge in [-0.2, -0.15) is 0 Å². The summed E-state index contributed by atoms with van der Waals surface area (Å²) in [5.41, 5.74) is 19.8. The van der Waals surface area contributed by atoms with Crippen LogP contribution in [0.3, 0.4) is 0 Å². The number of aryl methyl sites for hydroxylation is 6. The van der Waals surface area contributed by atoms with Crippen molar-refractivity contribution in [3.05, 3.63) is 202 Å². The fourth-order valence-corrected chi connectivity index (χ4v) is 10.3. The molecule has 0 saturated heterocycles. The van der Waals surface area contributed by atoms with Gasteiger partial charge < -0.3 is 9.80 Å². The predicted molar refractivity (Wildman–Crippen MR) is 254 cm³/mol. The van der Waals surface area contributed by atoms with Crippen molar-refractivity contribution in [3.63, 3.8) is 0 Å². The topological polar surface area (TPSA) is 6.48 Å². The molecule has 9 aromatic rings. The number of hydrogen-bond acceptors (Lipinski definition) is 2. The minimum absolute atomic E-state index is 0.295. The van der Waals surface area contributed by atoms with Gasteiger partial charge in [-0.05, 0) is 179 Å². The van der Waals surface area contributed by atoms with E-state index in [4.69, 9.17) is 0 Å². The van der Waals surface area contributed by atoms with E-state index in [1.165, 1.54) is 116 Å². The lowest BCUT2D eigenvalue weighted by atomic mass is 9.78. The summed E-state index contributed by atoms with van der Waals surface area (Å²) < 4.78 is 0. The zero-order chi connectivity index (χ0) is 40.7. The van der Waals surface area contributed by atoms with E-state index in [-0.39, 0.29) is 5.41 Å². The third-order valence-corrected chi connectivity index (χ3v) is 12.7. The third kappa shape index (κ3) is 5.84. The first kappa shape index (κ1) is 36.7. The lowest BCUT2D eigenvalue weighted by Gasteiger charge is -2.31. The fraction of sp³-hybridized carbons (Fsp3) is 0.158. The van der Waals surface area contributed by atoms with E-state index in [9.17, 15) is 0 Å². The second-order valence-corrected chi connectivity index (χ2v) is 17.4. The van der Waals surface area contributed by atoms with Gasteiger partial charge in [-0.15, -0.1) is 0 Å². The molecule has 0 unspecified atom stereocenters. The van der Waals surface area contributed by atoms with Crippen LogP contribution in [0.25, 0.3) is 43.4 Å². The van der Waals surface area contributed by atoms with Crippen LogP contribution in [0.1, 0.15) is 58.4 Å². The number of hydrogen-bond donors (Lipinski definition) is 0. The van der Waals surface area contributed by atoms with Gasteiger partial charge >= 0.3 is 0 Å². The van der Waals surface area contributed by atoms with Crippen molar-refractivity contribution < 1.29 is 0 Å². The average Bonchev–Trinajstić information content (AvgIpc) is 3.45. The number of para-hydroxylation sites is 2. The Kier molecular flexibility index (Phi) is 8.54. The van der Waals surface area contributed by atoms with Crippen LogP contribution in [0.5, 0.6) is 0 Å². The van der Waals surface area contributed by atoms with E-state index in [2.05, 4.69) is 223 Å². The number of benzene rings is 9. The molecule has 59 heavy (non-hydrogen) atoms. The Balaban J connectivity index is 1.27. The summed E-state index contributed by atoms with van der Waals surface area (Å²) in [6, 6.07) is 59.3. The molecule has 1 aliphatic carbocycles. The zero-order valence-electron chi connectivity index (χ0n) is 35.4. The van der Waals surface area contributed by atoms with Crippen molar-refractivity contribution in [2.24, 2.45) is 0 Å². The smallest absolute Gasteiger partial charge is 0.0543 e. The van der Waals surface area contributed by atoms with Crippen LogP contribution in [0.2, 0.25) is 0 Å². The first-order valence-corrected chi connectivity index (χ1v) is 20.9. The van der Waals surface area contributed by atoms with E-state index in [1.807, 2.05) is 0 Å². The molecule has 0 aromatic heterocycles. The molecular formula is C57H50N2. The van der Waals surface area contributed by atoms with Gasteiger partial charge in [0.25, 0.3) is 0 Å². The summed E-state index contributed by atoms with van der Waals surface area (Å²) in [4.78, 5) is 4.95. The number of nitrogens with zero attached hydrogens (tertiary/aromatic N) is 2. The van der Waals surface area contributed by atoms with Crippen LogP contribution in [0, 0.1) is 41.5 Å². The summed E-state index contributed by atoms with van der Waals surface area (Å²) in [5, 5.41) is 7.71. The maximum absolute atomic E-state index is 2.52. The highest BCUT2D eigenvalue weighted by molar-refractivity contribution is 6.23. The predicted octanol–water partition coefficient (Wildman–Crippen LogP) is 16.2. The third-order valence-electron chi connectivity index (χ3n) is 12.7. The summed E-state index contributed by atoms with van der Waals surface area (Å²) in [5.74, 6) is 0. The van der Waals surface area contributed by atoms with Gasteiger partial charge in [-0.1, -0.05) is 117 Å². The molecule has 0 fully saturated rings. The van der Waals surface area contributed by atoms with E-state index >= 15 is 0 Å². The molecule has 0 amide bonds. The minimum Gasteiger partial charge on any atom is -0.310 e. The molecule has 0 radical (unpaired) electrons. The molecule has 2 nitrogen and oxygen atoms in total. The van der Waals surface area contributed by atoms with Crippen molar-refractivity contribution in [3.8, 4) is 11.1 Å². The van der Waals surface area contributed by atoms with E-state index < -0.39 is 0 Å². The number of fused-ring (bicyclic) bond motifs is 10. The Morgan fingerprint density at radius 1 is 0.339 bits per heavy atom. The van der Waals surface area contributed by atoms with Gasteiger partial charge in [0.05, 0.1) is 5.69 Å². The molecule has 288 valence electrons. The fourth-order valence-electron chi connectivity index (χ4n) is 10.3. The lowest BCUT2D eigenvalue weighted by molar-refractivity contribution is 0.667. The Bertz CT molecular complexity index is 3120. The van der Waals surface area contributed by atoms with Crippen LogP contribution >= 0.6 is 0 Å². The van der Waals surface area contributed by atoms with E-state index in [0.717, 1.165) is 5.69 Å². The van der Waals surface area contributed by atoms with Crippen molar-refractivity contribution in [2.45, 2.75) is 60.8 Å². The molecule has 2 heteroatoms. The monoisotopic (exact) mass is 762 g/mol. The molecule has 0 aliphatic heterocycles. The summed E-state index contributed by atoms with van der Waals surface area (Å²) >= 11 is 0. The standard InChI is InChI=1S/C57H50N2/c1-35-27-36(2)30-42(29-35)58(51-23-15-9-17-39(51)5)41-25-26-48-49(33-41)44-19-11-13-21-46(44)55-54-47-22-14-12-20-45(47)53(34-50(54)57(7,8)56(48)55)59(52-24-16-10-18-40(52)6)43-31-37(3)28-38(4)32-43/h9-34H,1-8H3. The maximum Gasteiger partial charge on any atom is 0.0543 e. The second-order valence-electron chi connectivity index (χ2n) is 17.4. The molecule has 1 aliphatic rings. The first-order chi connectivity index (χ1) is 28.5. The highest BCUT2D eigenvalue weighted by Crippen LogP contribution is 2.59.